The number of esters is 1. The Morgan fingerprint density at radius 1 is 1.17 bits per heavy atom. The van der Waals surface area contributed by atoms with E-state index in [9.17, 15) is 22.9 Å². The number of ether oxygens (including phenoxy) is 1. The molecule has 0 aromatic heterocycles. The van der Waals surface area contributed by atoms with E-state index in [1.54, 1.807) is 13.8 Å². The molecule has 1 unspecified atom stereocenters. The van der Waals surface area contributed by atoms with E-state index in [4.69, 9.17) is 27.9 Å². The molecule has 0 bridgehead atoms. The predicted octanol–water partition coefficient (Wildman–Crippen LogP) is 6.93. The summed E-state index contributed by atoms with van der Waals surface area (Å²) in [4.78, 5) is 23.2. The van der Waals surface area contributed by atoms with Gasteiger partial charge in [-0.3, -0.25) is 0 Å². The normalized spacial score (nSPS) is 13.1. The molecular weight excluding hydrogens is 430 g/mol. The lowest BCUT2D eigenvalue weighted by atomic mass is 9.96. The Morgan fingerprint density at radius 2 is 1.79 bits per heavy atom. The number of allylic oxidation sites excluding steroid dienone is 1. The maximum atomic E-state index is 13.7. The number of hydrogen-bond acceptors (Lipinski definition) is 4. The van der Waals surface area contributed by atoms with E-state index in [-0.39, 0.29) is 33.3 Å². The highest BCUT2D eigenvalue weighted by atomic mass is 35.5. The van der Waals surface area contributed by atoms with Crippen molar-refractivity contribution < 1.29 is 22.7 Å². The van der Waals surface area contributed by atoms with Gasteiger partial charge in [0.15, 0.2) is 0 Å². The van der Waals surface area contributed by atoms with Crippen molar-refractivity contribution in [2.24, 2.45) is 5.18 Å². The van der Waals surface area contributed by atoms with Gasteiger partial charge in [0, 0.05) is 10.0 Å². The van der Waals surface area contributed by atoms with Crippen molar-refractivity contribution in [2.75, 3.05) is 6.61 Å². The highest BCUT2D eigenvalue weighted by molar-refractivity contribution is 6.34. The van der Waals surface area contributed by atoms with E-state index in [0.29, 0.717) is 11.6 Å². The summed E-state index contributed by atoms with van der Waals surface area (Å²) in [7, 11) is 0. The molecule has 0 amide bonds. The number of alkyl halides is 3. The first-order chi connectivity index (χ1) is 13.6. The number of halogens is 5. The number of benzene rings is 2. The lowest BCUT2D eigenvalue weighted by Crippen LogP contribution is -2.12. The Hall–Kier alpha value is -2.38. The van der Waals surface area contributed by atoms with Crippen molar-refractivity contribution in [3.63, 3.8) is 0 Å². The van der Waals surface area contributed by atoms with Crippen LogP contribution < -0.4 is 0 Å². The van der Waals surface area contributed by atoms with Gasteiger partial charge in [0.05, 0.1) is 17.7 Å². The van der Waals surface area contributed by atoms with E-state index in [1.165, 1.54) is 24.3 Å². The number of carbonyl (C=O) groups excluding carboxylic acids is 1. The molecule has 9 heteroatoms. The second-order valence-electron chi connectivity index (χ2n) is 6.08. The van der Waals surface area contributed by atoms with Crippen LogP contribution in [0, 0.1) is 11.8 Å². The lowest BCUT2D eigenvalue weighted by molar-refractivity contribution is -0.0691. The summed E-state index contributed by atoms with van der Waals surface area (Å²) < 4.78 is 45.9. The van der Waals surface area contributed by atoms with Crippen LogP contribution in [0.1, 0.15) is 40.0 Å². The average Bonchev–Trinajstić information content (AvgIpc) is 2.60. The number of aryl methyl sites for hydroxylation is 1. The topological polar surface area (TPSA) is 55.7 Å². The minimum atomic E-state index is -4.78. The summed E-state index contributed by atoms with van der Waals surface area (Å²) in [6.45, 7) is 3.42. The molecule has 2 aromatic rings. The minimum Gasteiger partial charge on any atom is -0.462 e. The van der Waals surface area contributed by atoms with Crippen LogP contribution in [0.3, 0.4) is 0 Å². The second kappa shape index (κ2) is 9.41. The summed E-state index contributed by atoms with van der Waals surface area (Å²) in [6, 6.07) is 6.23. The molecule has 0 aliphatic carbocycles. The Balaban J connectivity index is 2.52. The van der Waals surface area contributed by atoms with E-state index in [0.717, 1.165) is 12.1 Å². The number of nitroso groups, excluding NO2 is 1. The summed E-state index contributed by atoms with van der Waals surface area (Å²) in [5.74, 6) is -0.563. The fourth-order valence-corrected chi connectivity index (χ4v) is 3.24. The van der Waals surface area contributed by atoms with Crippen molar-refractivity contribution in [1.82, 2.24) is 0 Å². The standard InChI is InChI=1S/C20H16Cl2F3NO3/c1-3-29-19(27)16-5-4-12(6-11(16)2)18(26-28)10-17(20(23,24)25)13-7-14(21)9-15(22)8-13/h4-10,18H,3H2,1-2H3. The third-order valence-corrected chi connectivity index (χ3v) is 4.44. The van der Waals surface area contributed by atoms with Gasteiger partial charge in [0.2, 0.25) is 0 Å². The molecule has 2 rings (SSSR count). The highest BCUT2D eigenvalue weighted by Crippen LogP contribution is 2.38. The van der Waals surface area contributed by atoms with Gasteiger partial charge >= 0.3 is 12.1 Å². The van der Waals surface area contributed by atoms with Crippen molar-refractivity contribution in [1.29, 1.82) is 0 Å². The molecule has 0 fully saturated rings. The van der Waals surface area contributed by atoms with Crippen LogP contribution in [-0.4, -0.2) is 18.8 Å². The van der Waals surface area contributed by atoms with Gasteiger partial charge in [-0.15, -0.1) is 4.91 Å². The number of carbonyl (C=O) groups is 1. The summed E-state index contributed by atoms with van der Waals surface area (Å²) in [5.41, 5.74) is -0.494. The monoisotopic (exact) mass is 445 g/mol. The summed E-state index contributed by atoms with van der Waals surface area (Å²) in [6.07, 6.45) is -4.08. The summed E-state index contributed by atoms with van der Waals surface area (Å²) >= 11 is 11.6. The zero-order valence-corrected chi connectivity index (χ0v) is 16.9. The highest BCUT2D eigenvalue weighted by Gasteiger charge is 2.36. The first-order valence-corrected chi connectivity index (χ1v) is 9.18. The Morgan fingerprint density at radius 3 is 2.28 bits per heavy atom. The predicted molar refractivity (Wildman–Crippen MR) is 106 cm³/mol. The average molecular weight is 446 g/mol. The maximum Gasteiger partial charge on any atom is 0.416 e. The van der Waals surface area contributed by atoms with Gasteiger partial charge in [0.1, 0.15) is 6.04 Å². The lowest BCUT2D eigenvalue weighted by Gasteiger charge is -2.16. The maximum absolute atomic E-state index is 13.7. The molecule has 0 spiro atoms. The van der Waals surface area contributed by atoms with E-state index < -0.39 is 23.8 Å². The Kier molecular flexibility index (Phi) is 7.43. The van der Waals surface area contributed by atoms with Crippen molar-refractivity contribution in [3.8, 4) is 0 Å². The molecule has 0 saturated carbocycles. The molecule has 29 heavy (non-hydrogen) atoms. The largest absolute Gasteiger partial charge is 0.462 e. The van der Waals surface area contributed by atoms with Crippen LogP contribution in [-0.2, 0) is 4.74 Å². The molecule has 0 radical (unpaired) electrons. The third kappa shape index (κ3) is 5.81. The van der Waals surface area contributed by atoms with Crippen LogP contribution in [0.4, 0.5) is 13.2 Å². The fourth-order valence-electron chi connectivity index (χ4n) is 2.72. The van der Waals surface area contributed by atoms with Gasteiger partial charge in [-0.1, -0.05) is 40.5 Å². The van der Waals surface area contributed by atoms with Crippen LogP contribution >= 0.6 is 23.2 Å². The van der Waals surface area contributed by atoms with Crippen molar-refractivity contribution in [2.45, 2.75) is 26.1 Å². The zero-order chi connectivity index (χ0) is 21.8. The zero-order valence-electron chi connectivity index (χ0n) is 15.4. The number of nitrogens with zero attached hydrogens (tertiary/aromatic N) is 1. The third-order valence-electron chi connectivity index (χ3n) is 4.00. The molecule has 0 heterocycles. The van der Waals surface area contributed by atoms with E-state index in [1.807, 2.05) is 0 Å². The van der Waals surface area contributed by atoms with Gasteiger partial charge < -0.3 is 4.74 Å². The Bertz CT molecular complexity index is 938. The molecule has 0 aliphatic rings. The van der Waals surface area contributed by atoms with E-state index >= 15 is 0 Å². The molecule has 4 nitrogen and oxygen atoms in total. The second-order valence-corrected chi connectivity index (χ2v) is 6.95. The first-order valence-electron chi connectivity index (χ1n) is 8.42. The molecule has 0 saturated heterocycles. The van der Waals surface area contributed by atoms with Crippen molar-refractivity contribution in [3.05, 3.63) is 79.7 Å². The van der Waals surface area contributed by atoms with Crippen LogP contribution in [0.15, 0.2) is 47.7 Å². The number of hydrogen-bond donors (Lipinski definition) is 0. The van der Waals surface area contributed by atoms with Crippen molar-refractivity contribution >= 4 is 34.7 Å². The quantitative estimate of drug-likeness (QED) is 0.357. The van der Waals surface area contributed by atoms with E-state index in [2.05, 4.69) is 5.18 Å². The number of rotatable bonds is 6. The molecule has 0 aliphatic heterocycles. The minimum absolute atomic E-state index is 0.0212. The first kappa shape index (κ1) is 22.9. The molecule has 1 atom stereocenters. The Labute approximate surface area is 175 Å². The SMILES string of the molecule is CCOC(=O)c1ccc(C(C=C(c2cc(Cl)cc(Cl)c2)C(F)(F)F)N=O)cc1C. The van der Waals surface area contributed by atoms with Gasteiger partial charge in [0.25, 0.3) is 0 Å². The fraction of sp³-hybridized carbons (Fsp3) is 0.250. The molecule has 154 valence electrons. The summed E-state index contributed by atoms with van der Waals surface area (Å²) in [5, 5.41) is 2.87. The van der Waals surface area contributed by atoms with Crippen LogP contribution in [0.5, 0.6) is 0 Å². The molecular formula is C20H16Cl2F3NO3. The van der Waals surface area contributed by atoms with Gasteiger partial charge in [-0.25, -0.2) is 4.79 Å². The molecule has 2 aromatic carbocycles. The smallest absolute Gasteiger partial charge is 0.416 e. The van der Waals surface area contributed by atoms with Crippen LogP contribution in [0.25, 0.3) is 5.57 Å². The van der Waals surface area contributed by atoms with Gasteiger partial charge in [-0.2, -0.15) is 13.2 Å². The van der Waals surface area contributed by atoms with Crippen LogP contribution in [0.2, 0.25) is 10.0 Å². The van der Waals surface area contributed by atoms with Gasteiger partial charge in [-0.05, 0) is 60.9 Å². The molecule has 0 N–H and O–H groups in total.